The van der Waals surface area contributed by atoms with Crippen LogP contribution in [0.4, 0.5) is 0 Å². The summed E-state index contributed by atoms with van der Waals surface area (Å²) in [5.74, 6) is 0. The van der Waals surface area contributed by atoms with Gasteiger partial charge in [0.15, 0.2) is 0 Å². The van der Waals surface area contributed by atoms with Gasteiger partial charge in [-0.05, 0) is 40.2 Å². The lowest BCUT2D eigenvalue weighted by Crippen LogP contribution is -2.29. The number of nitrogens with zero attached hydrogens (tertiary/aromatic N) is 2. The van der Waals surface area contributed by atoms with Crippen LogP contribution in [-0.2, 0) is 4.79 Å². The molecule has 3 nitrogen and oxygen atoms in total. The number of hydrogen-bond donors (Lipinski definition) is 0. The van der Waals surface area contributed by atoms with Crippen molar-refractivity contribution in [1.82, 2.24) is 4.90 Å². The number of hydrogen-bond acceptors (Lipinski definition) is 3. The molecule has 74 valence electrons. The van der Waals surface area contributed by atoms with Gasteiger partial charge in [0.2, 0.25) is 6.08 Å². The van der Waals surface area contributed by atoms with Gasteiger partial charge in [0.1, 0.15) is 0 Å². The fraction of sp³-hybridized carbons (Fsp3) is 0.900. The predicted molar refractivity (Wildman–Crippen MR) is 52.5 cm³/mol. The minimum atomic E-state index is -0.0229. The number of isocyanates is 1. The average Bonchev–Trinajstić information content (AvgIpc) is 2.82. The first-order valence-electron chi connectivity index (χ1n) is 4.89. The molecule has 3 heteroatoms. The molecule has 1 aliphatic carbocycles. The van der Waals surface area contributed by atoms with E-state index in [0.717, 1.165) is 25.8 Å². The van der Waals surface area contributed by atoms with Crippen LogP contribution in [0.2, 0.25) is 0 Å². The van der Waals surface area contributed by atoms with Gasteiger partial charge in [0, 0.05) is 12.6 Å². The Labute approximate surface area is 79.8 Å². The quantitative estimate of drug-likeness (QED) is 0.477. The summed E-state index contributed by atoms with van der Waals surface area (Å²) in [5.41, 5.74) is -0.0229. The Kier molecular flexibility index (Phi) is 3.23. The Bertz CT molecular complexity index is 215. The molecular weight excluding hydrogens is 164 g/mol. The molecule has 0 aromatic carbocycles. The van der Waals surface area contributed by atoms with Crippen molar-refractivity contribution in [3.63, 3.8) is 0 Å². The van der Waals surface area contributed by atoms with Crippen LogP contribution in [-0.4, -0.2) is 36.2 Å². The lowest BCUT2D eigenvalue weighted by atomic mass is 10.2. The SMILES string of the molecule is CC(C)N(C)CCC1(N=C=O)CC1. The van der Waals surface area contributed by atoms with Crippen molar-refractivity contribution in [2.45, 2.75) is 44.7 Å². The second-order valence-corrected chi connectivity index (χ2v) is 4.25. The zero-order valence-electron chi connectivity index (χ0n) is 8.71. The molecule has 1 rings (SSSR count). The van der Waals surface area contributed by atoms with E-state index < -0.39 is 0 Å². The lowest BCUT2D eigenvalue weighted by molar-refractivity contribution is 0.260. The molecule has 0 heterocycles. The summed E-state index contributed by atoms with van der Waals surface area (Å²) in [5, 5.41) is 0. The number of rotatable bonds is 5. The first kappa shape index (κ1) is 10.4. The molecule has 1 saturated carbocycles. The molecule has 1 fully saturated rings. The maximum absolute atomic E-state index is 10.1. The Hall–Kier alpha value is -0.660. The molecular formula is C10H18N2O. The second-order valence-electron chi connectivity index (χ2n) is 4.25. The summed E-state index contributed by atoms with van der Waals surface area (Å²) in [6, 6.07) is 0.566. The Morgan fingerprint density at radius 3 is 2.54 bits per heavy atom. The molecule has 0 atom stereocenters. The Morgan fingerprint density at radius 1 is 1.54 bits per heavy atom. The third kappa shape index (κ3) is 2.94. The van der Waals surface area contributed by atoms with Gasteiger partial charge in [-0.25, -0.2) is 4.79 Å². The average molecular weight is 182 g/mol. The molecule has 0 bridgehead atoms. The molecule has 1 aliphatic rings. The van der Waals surface area contributed by atoms with E-state index in [-0.39, 0.29) is 5.54 Å². The topological polar surface area (TPSA) is 32.7 Å². The van der Waals surface area contributed by atoms with Crippen LogP contribution < -0.4 is 0 Å². The van der Waals surface area contributed by atoms with E-state index in [1.54, 1.807) is 6.08 Å². The largest absolute Gasteiger partial charge is 0.304 e. The Balaban J connectivity index is 2.30. The van der Waals surface area contributed by atoms with E-state index in [9.17, 15) is 4.79 Å². The van der Waals surface area contributed by atoms with E-state index in [1.807, 2.05) is 0 Å². The van der Waals surface area contributed by atoms with Crippen LogP contribution in [0.5, 0.6) is 0 Å². The molecule has 0 spiro atoms. The molecule has 13 heavy (non-hydrogen) atoms. The first-order chi connectivity index (χ1) is 6.09. The van der Waals surface area contributed by atoms with Crippen molar-refractivity contribution < 1.29 is 4.79 Å². The van der Waals surface area contributed by atoms with E-state index in [1.165, 1.54) is 0 Å². The van der Waals surface area contributed by atoms with Gasteiger partial charge in [0.25, 0.3) is 0 Å². The van der Waals surface area contributed by atoms with Gasteiger partial charge in [-0.15, -0.1) is 0 Å². The van der Waals surface area contributed by atoms with Crippen molar-refractivity contribution in [2.24, 2.45) is 4.99 Å². The lowest BCUT2D eigenvalue weighted by Gasteiger charge is -2.22. The van der Waals surface area contributed by atoms with Crippen molar-refractivity contribution in [1.29, 1.82) is 0 Å². The summed E-state index contributed by atoms with van der Waals surface area (Å²) < 4.78 is 0. The highest BCUT2D eigenvalue weighted by atomic mass is 16.1. The van der Waals surface area contributed by atoms with Crippen LogP contribution in [0.25, 0.3) is 0 Å². The third-order valence-electron chi connectivity index (χ3n) is 2.92. The zero-order chi connectivity index (χ0) is 9.90. The molecule has 0 amide bonds. The van der Waals surface area contributed by atoms with Crippen LogP contribution in [0.15, 0.2) is 4.99 Å². The summed E-state index contributed by atoms with van der Waals surface area (Å²) in [4.78, 5) is 16.3. The molecule has 0 aromatic rings. The summed E-state index contributed by atoms with van der Waals surface area (Å²) in [6.07, 6.45) is 4.80. The van der Waals surface area contributed by atoms with Crippen LogP contribution in [0.3, 0.4) is 0 Å². The van der Waals surface area contributed by atoms with Gasteiger partial charge in [-0.1, -0.05) is 0 Å². The van der Waals surface area contributed by atoms with Crippen molar-refractivity contribution >= 4 is 6.08 Å². The van der Waals surface area contributed by atoms with Crippen LogP contribution >= 0.6 is 0 Å². The first-order valence-corrected chi connectivity index (χ1v) is 4.89. The van der Waals surface area contributed by atoms with Crippen LogP contribution in [0, 0.1) is 0 Å². The molecule has 0 N–H and O–H groups in total. The third-order valence-corrected chi connectivity index (χ3v) is 2.92. The second kappa shape index (κ2) is 4.03. The molecule has 0 aliphatic heterocycles. The highest BCUT2D eigenvalue weighted by Gasteiger charge is 2.42. The maximum Gasteiger partial charge on any atom is 0.235 e. The smallest absolute Gasteiger partial charge is 0.235 e. The molecule has 0 unspecified atom stereocenters. The van der Waals surface area contributed by atoms with E-state index >= 15 is 0 Å². The van der Waals surface area contributed by atoms with Crippen molar-refractivity contribution in [3.8, 4) is 0 Å². The fourth-order valence-corrected chi connectivity index (χ4v) is 1.30. The number of aliphatic imine (C=N–C) groups is 1. The maximum atomic E-state index is 10.1. The highest BCUT2D eigenvalue weighted by molar-refractivity contribution is 5.36. The molecule has 0 saturated heterocycles. The zero-order valence-corrected chi connectivity index (χ0v) is 8.71. The summed E-state index contributed by atoms with van der Waals surface area (Å²) in [6.45, 7) is 5.36. The standard InChI is InChI=1S/C10H18N2O/c1-9(2)12(3)7-6-10(4-5-10)11-8-13/h9H,4-7H2,1-3H3. The van der Waals surface area contributed by atoms with E-state index in [2.05, 4.69) is 30.8 Å². The van der Waals surface area contributed by atoms with Gasteiger partial charge < -0.3 is 4.90 Å². The normalized spacial score (nSPS) is 18.8. The van der Waals surface area contributed by atoms with Gasteiger partial charge in [-0.2, -0.15) is 4.99 Å². The minimum absolute atomic E-state index is 0.0229. The van der Waals surface area contributed by atoms with E-state index in [0.29, 0.717) is 6.04 Å². The van der Waals surface area contributed by atoms with Gasteiger partial charge in [0.05, 0.1) is 5.54 Å². The van der Waals surface area contributed by atoms with Crippen molar-refractivity contribution in [3.05, 3.63) is 0 Å². The number of carbonyl (C=O) groups excluding carboxylic acids is 1. The van der Waals surface area contributed by atoms with Crippen molar-refractivity contribution in [2.75, 3.05) is 13.6 Å². The minimum Gasteiger partial charge on any atom is -0.304 e. The van der Waals surface area contributed by atoms with Gasteiger partial charge in [-0.3, -0.25) is 0 Å². The highest BCUT2D eigenvalue weighted by Crippen LogP contribution is 2.42. The van der Waals surface area contributed by atoms with Crippen LogP contribution in [0.1, 0.15) is 33.1 Å². The monoisotopic (exact) mass is 182 g/mol. The predicted octanol–water partition coefficient (Wildman–Crippen LogP) is 1.59. The van der Waals surface area contributed by atoms with E-state index in [4.69, 9.17) is 0 Å². The molecule has 0 radical (unpaired) electrons. The fourth-order valence-electron chi connectivity index (χ4n) is 1.30. The Morgan fingerprint density at radius 2 is 2.15 bits per heavy atom. The summed E-state index contributed by atoms with van der Waals surface area (Å²) in [7, 11) is 2.10. The van der Waals surface area contributed by atoms with Gasteiger partial charge >= 0.3 is 0 Å². The molecule has 0 aromatic heterocycles. The summed E-state index contributed by atoms with van der Waals surface area (Å²) >= 11 is 0.